The number of carbonyl (C=O) groups is 1. The zero-order valence-corrected chi connectivity index (χ0v) is 23.4. The molecule has 0 radical (unpaired) electrons. The zero-order valence-electron chi connectivity index (χ0n) is 23.4. The second kappa shape index (κ2) is 11.5. The number of piperidine rings is 1. The maximum absolute atomic E-state index is 14.8. The van der Waals surface area contributed by atoms with Gasteiger partial charge in [-0.1, -0.05) is 24.6 Å². The average Bonchev–Trinajstić information content (AvgIpc) is 3.25. The maximum atomic E-state index is 14.8. The Labute approximate surface area is 235 Å². The van der Waals surface area contributed by atoms with Gasteiger partial charge in [0.1, 0.15) is 11.6 Å². The van der Waals surface area contributed by atoms with E-state index >= 15 is 0 Å². The summed E-state index contributed by atoms with van der Waals surface area (Å²) in [5.74, 6) is 1.17. The standard InChI is InChI=1S/C32H40FN3O4/c1-39-25-9-10-26-28(19-25)36(15-17-40-18-16-37)29-21-34(20-24-5-2-3-8-27(24)33)22-32(30(26)29)11-13-35(14-12-32)31(38)23-6-4-7-23/h2-3,5,8-10,19,23,37H,4,6-7,11-18,20-22H2,1H3. The molecule has 1 N–H and O–H groups in total. The molecule has 3 heterocycles. The number of rotatable bonds is 9. The molecule has 0 unspecified atom stereocenters. The maximum Gasteiger partial charge on any atom is 0.225 e. The number of benzene rings is 2. The zero-order chi connectivity index (χ0) is 27.7. The first-order valence-electron chi connectivity index (χ1n) is 14.7. The number of aliphatic hydroxyl groups excluding tert-OH is 1. The molecule has 1 saturated heterocycles. The number of ether oxygens (including phenoxy) is 2. The van der Waals surface area contributed by atoms with Crippen molar-refractivity contribution in [3.05, 3.63) is 65.1 Å². The lowest BCUT2D eigenvalue weighted by molar-refractivity contribution is -0.140. The third-order valence-corrected chi connectivity index (χ3v) is 9.34. The minimum absolute atomic E-state index is 0.00599. The smallest absolute Gasteiger partial charge is 0.225 e. The molecule has 8 heteroatoms. The summed E-state index contributed by atoms with van der Waals surface area (Å²) in [7, 11) is 1.69. The molecule has 1 aliphatic carbocycles. The largest absolute Gasteiger partial charge is 0.497 e. The molecule has 1 amide bonds. The number of aliphatic hydroxyl groups is 1. The number of nitrogens with zero attached hydrogens (tertiary/aromatic N) is 3. The fourth-order valence-electron chi connectivity index (χ4n) is 7.07. The Kier molecular flexibility index (Phi) is 7.84. The summed E-state index contributed by atoms with van der Waals surface area (Å²) < 4.78 is 28.4. The molecular formula is C32H40FN3O4. The van der Waals surface area contributed by atoms with Crippen molar-refractivity contribution in [1.29, 1.82) is 0 Å². The molecule has 7 nitrogen and oxygen atoms in total. The van der Waals surface area contributed by atoms with Gasteiger partial charge in [0.15, 0.2) is 0 Å². The first-order valence-corrected chi connectivity index (χ1v) is 14.7. The van der Waals surface area contributed by atoms with Crippen molar-refractivity contribution < 1.29 is 23.8 Å². The number of aromatic nitrogens is 1. The van der Waals surface area contributed by atoms with Crippen molar-refractivity contribution in [2.75, 3.05) is 46.6 Å². The second-order valence-corrected chi connectivity index (χ2v) is 11.7. The summed E-state index contributed by atoms with van der Waals surface area (Å²) in [6.07, 6.45) is 4.98. The normalized spacial score (nSPS) is 19.1. The van der Waals surface area contributed by atoms with E-state index in [4.69, 9.17) is 9.47 Å². The highest BCUT2D eigenvalue weighted by Crippen LogP contribution is 2.48. The van der Waals surface area contributed by atoms with Crippen molar-refractivity contribution >= 4 is 16.8 Å². The van der Waals surface area contributed by atoms with Crippen molar-refractivity contribution in [3.8, 4) is 5.75 Å². The van der Waals surface area contributed by atoms with Crippen LogP contribution in [0.5, 0.6) is 5.75 Å². The lowest BCUT2D eigenvalue weighted by Gasteiger charge is -2.49. The number of methoxy groups -OCH3 is 1. The number of likely N-dealkylation sites (tertiary alicyclic amines) is 1. The van der Waals surface area contributed by atoms with E-state index in [9.17, 15) is 14.3 Å². The molecule has 0 atom stereocenters. The molecule has 214 valence electrons. The summed E-state index contributed by atoms with van der Waals surface area (Å²) >= 11 is 0. The number of carbonyl (C=O) groups excluding carboxylic acids is 1. The molecule has 2 aliphatic heterocycles. The molecule has 40 heavy (non-hydrogen) atoms. The van der Waals surface area contributed by atoms with Crippen LogP contribution < -0.4 is 4.74 Å². The molecule has 1 spiro atoms. The topological polar surface area (TPSA) is 67.2 Å². The lowest BCUT2D eigenvalue weighted by atomic mass is 9.69. The van der Waals surface area contributed by atoms with Crippen molar-refractivity contribution in [3.63, 3.8) is 0 Å². The first kappa shape index (κ1) is 27.2. The van der Waals surface area contributed by atoms with Gasteiger partial charge in [-0.2, -0.15) is 0 Å². The SMILES string of the molecule is COc1ccc2c3c(n(CCOCCO)c2c1)CN(Cc1ccccc1F)CC31CCN(C(=O)C2CCC2)CC1. The monoisotopic (exact) mass is 549 g/mol. The van der Waals surface area contributed by atoms with Crippen molar-refractivity contribution in [2.45, 2.75) is 57.2 Å². The van der Waals surface area contributed by atoms with Gasteiger partial charge in [0, 0.05) is 73.3 Å². The van der Waals surface area contributed by atoms with E-state index in [0.29, 0.717) is 44.3 Å². The molecule has 2 aromatic carbocycles. The number of hydrogen-bond donors (Lipinski definition) is 1. The fraction of sp³-hybridized carbons (Fsp3) is 0.531. The van der Waals surface area contributed by atoms with Gasteiger partial charge in [-0.25, -0.2) is 4.39 Å². The van der Waals surface area contributed by atoms with E-state index < -0.39 is 0 Å². The van der Waals surface area contributed by atoms with Crippen molar-refractivity contribution in [1.82, 2.24) is 14.4 Å². The molecule has 1 saturated carbocycles. The van der Waals surface area contributed by atoms with Gasteiger partial charge in [0.05, 0.1) is 32.4 Å². The van der Waals surface area contributed by atoms with Crippen LogP contribution in [0.1, 0.15) is 48.9 Å². The van der Waals surface area contributed by atoms with Crippen LogP contribution in [0.3, 0.4) is 0 Å². The van der Waals surface area contributed by atoms with E-state index in [1.54, 1.807) is 13.2 Å². The predicted octanol–water partition coefficient (Wildman–Crippen LogP) is 4.47. The van der Waals surface area contributed by atoms with E-state index in [2.05, 4.69) is 26.5 Å². The molecule has 0 bridgehead atoms. The van der Waals surface area contributed by atoms with Gasteiger partial charge >= 0.3 is 0 Å². The van der Waals surface area contributed by atoms with Crippen molar-refractivity contribution in [2.24, 2.45) is 5.92 Å². The summed E-state index contributed by atoms with van der Waals surface area (Å²) in [6.45, 7) is 5.00. The molecule has 2 fully saturated rings. The fourth-order valence-corrected chi connectivity index (χ4v) is 7.07. The van der Waals surface area contributed by atoms with Gasteiger partial charge in [-0.3, -0.25) is 9.69 Å². The highest BCUT2D eigenvalue weighted by atomic mass is 19.1. The van der Waals surface area contributed by atoms with Gasteiger partial charge in [-0.15, -0.1) is 0 Å². The van der Waals surface area contributed by atoms with E-state index in [1.807, 2.05) is 18.2 Å². The second-order valence-electron chi connectivity index (χ2n) is 11.7. The van der Waals surface area contributed by atoms with Crippen LogP contribution in [0.25, 0.3) is 10.9 Å². The van der Waals surface area contributed by atoms with Gasteiger partial charge in [0.25, 0.3) is 0 Å². The van der Waals surface area contributed by atoms with E-state index in [1.165, 1.54) is 22.7 Å². The Balaban J connectivity index is 1.40. The Morgan fingerprint density at radius 3 is 2.62 bits per heavy atom. The van der Waals surface area contributed by atoms with Crippen LogP contribution in [0.2, 0.25) is 0 Å². The van der Waals surface area contributed by atoms with Crippen LogP contribution >= 0.6 is 0 Å². The summed E-state index contributed by atoms with van der Waals surface area (Å²) in [4.78, 5) is 17.6. The Morgan fingerprint density at radius 1 is 1.12 bits per heavy atom. The van der Waals surface area contributed by atoms with Crippen LogP contribution in [0, 0.1) is 11.7 Å². The lowest BCUT2D eigenvalue weighted by Crippen LogP contribution is -2.54. The highest BCUT2D eigenvalue weighted by Gasteiger charge is 2.46. The Hall–Kier alpha value is -2.94. The number of hydrogen-bond acceptors (Lipinski definition) is 5. The highest BCUT2D eigenvalue weighted by molar-refractivity contribution is 5.88. The van der Waals surface area contributed by atoms with Crippen LogP contribution in [-0.2, 0) is 34.6 Å². The predicted molar refractivity (Wildman–Crippen MR) is 152 cm³/mol. The minimum Gasteiger partial charge on any atom is -0.497 e. The van der Waals surface area contributed by atoms with Gasteiger partial charge in [0.2, 0.25) is 5.91 Å². The number of fused-ring (bicyclic) bond motifs is 4. The summed E-state index contributed by atoms with van der Waals surface area (Å²) in [5, 5.41) is 10.4. The Bertz CT molecular complexity index is 1360. The van der Waals surface area contributed by atoms with E-state index in [0.717, 1.165) is 63.0 Å². The van der Waals surface area contributed by atoms with Crippen LogP contribution in [0.4, 0.5) is 4.39 Å². The van der Waals surface area contributed by atoms with Gasteiger partial charge in [-0.05, 0) is 49.4 Å². The van der Waals surface area contributed by atoms with Gasteiger partial charge < -0.3 is 24.0 Å². The van der Waals surface area contributed by atoms with Crippen LogP contribution in [0.15, 0.2) is 42.5 Å². The first-order chi connectivity index (χ1) is 19.5. The molecule has 1 aromatic heterocycles. The summed E-state index contributed by atoms with van der Waals surface area (Å²) in [5.41, 5.74) is 4.27. The minimum atomic E-state index is -0.175. The molecule has 6 rings (SSSR count). The molecule has 3 aliphatic rings. The third kappa shape index (κ3) is 5.01. The summed E-state index contributed by atoms with van der Waals surface area (Å²) in [6, 6.07) is 13.4. The Morgan fingerprint density at radius 2 is 1.93 bits per heavy atom. The average molecular weight is 550 g/mol. The molecule has 3 aromatic rings. The molecular weight excluding hydrogens is 509 g/mol. The quantitative estimate of drug-likeness (QED) is 0.399. The number of amides is 1. The van der Waals surface area contributed by atoms with Crippen LogP contribution in [-0.4, -0.2) is 71.9 Å². The van der Waals surface area contributed by atoms with E-state index in [-0.39, 0.29) is 23.8 Å². The number of halogens is 1. The third-order valence-electron chi connectivity index (χ3n) is 9.34.